The van der Waals surface area contributed by atoms with Crippen LogP contribution in [0.1, 0.15) is 49.4 Å². The zero-order chi connectivity index (χ0) is 15.3. The predicted octanol–water partition coefficient (Wildman–Crippen LogP) is 3.14. The minimum atomic E-state index is -4.37. The monoisotopic (exact) mass is 305 g/mol. The topological polar surface area (TPSA) is 39.1 Å². The third kappa shape index (κ3) is 4.20. The number of ether oxygens (including phenoxy) is 1. The van der Waals surface area contributed by atoms with E-state index in [1.807, 2.05) is 0 Å². The smallest absolute Gasteiger partial charge is 0.383 e. The molecule has 21 heavy (non-hydrogen) atoms. The summed E-state index contributed by atoms with van der Waals surface area (Å²) in [5.74, 6) is 0. The second-order valence-electron chi connectivity index (χ2n) is 5.42. The van der Waals surface area contributed by atoms with Crippen molar-refractivity contribution < 1.29 is 17.9 Å². The molecule has 1 aromatic rings. The van der Waals surface area contributed by atoms with Crippen LogP contribution in [0.15, 0.2) is 6.20 Å². The van der Waals surface area contributed by atoms with Crippen LogP contribution in [0.4, 0.5) is 13.2 Å². The van der Waals surface area contributed by atoms with E-state index >= 15 is 0 Å². The Labute approximate surface area is 122 Å². The van der Waals surface area contributed by atoms with E-state index < -0.39 is 11.9 Å². The molecule has 0 amide bonds. The lowest BCUT2D eigenvalue weighted by molar-refractivity contribution is -0.145. The largest absolute Gasteiger partial charge is 0.433 e. The zero-order valence-corrected chi connectivity index (χ0v) is 12.2. The maximum atomic E-state index is 13.4. The van der Waals surface area contributed by atoms with E-state index in [2.05, 4.69) is 10.4 Å². The van der Waals surface area contributed by atoms with Gasteiger partial charge >= 0.3 is 6.18 Å². The van der Waals surface area contributed by atoms with Crippen molar-refractivity contribution in [3.05, 3.63) is 17.5 Å². The summed E-state index contributed by atoms with van der Waals surface area (Å²) in [5, 5.41) is 6.98. The molecule has 1 fully saturated rings. The number of halogens is 3. The summed E-state index contributed by atoms with van der Waals surface area (Å²) >= 11 is 0. The lowest BCUT2D eigenvalue weighted by Crippen LogP contribution is -2.24. The second-order valence-corrected chi connectivity index (χ2v) is 5.42. The maximum absolute atomic E-state index is 13.4. The standard InChI is InChI=1S/C14H22F3N3O/c1-21-8-7-18-9-11-10-19-20(13(11)14(15,16)17)12-5-3-2-4-6-12/h10,12,18H,2-9H2,1H3. The fourth-order valence-electron chi connectivity index (χ4n) is 2.84. The molecule has 0 aromatic carbocycles. The van der Waals surface area contributed by atoms with E-state index in [4.69, 9.17) is 4.74 Å². The average molecular weight is 305 g/mol. The van der Waals surface area contributed by atoms with Crippen molar-refractivity contribution in [3.63, 3.8) is 0 Å². The summed E-state index contributed by atoms with van der Waals surface area (Å²) in [7, 11) is 1.56. The first-order valence-electron chi connectivity index (χ1n) is 7.37. The number of nitrogens with one attached hydrogen (secondary N) is 1. The van der Waals surface area contributed by atoms with Crippen LogP contribution in [0.25, 0.3) is 0 Å². The Bertz CT molecular complexity index is 439. The molecule has 4 nitrogen and oxygen atoms in total. The Kier molecular flexibility index (Phi) is 5.64. The number of rotatable bonds is 6. The molecule has 0 unspecified atom stereocenters. The second kappa shape index (κ2) is 7.26. The summed E-state index contributed by atoms with van der Waals surface area (Å²) in [5.41, 5.74) is -0.386. The highest BCUT2D eigenvalue weighted by Crippen LogP contribution is 2.37. The van der Waals surface area contributed by atoms with E-state index in [1.54, 1.807) is 7.11 Å². The number of aromatic nitrogens is 2. The van der Waals surface area contributed by atoms with Crippen molar-refractivity contribution in [1.82, 2.24) is 15.1 Å². The van der Waals surface area contributed by atoms with Gasteiger partial charge in [-0.15, -0.1) is 0 Å². The lowest BCUT2D eigenvalue weighted by Gasteiger charge is -2.25. The molecule has 120 valence electrons. The molecule has 0 radical (unpaired) electrons. The zero-order valence-electron chi connectivity index (χ0n) is 12.2. The minimum absolute atomic E-state index is 0.122. The number of nitrogens with zero attached hydrogens (tertiary/aromatic N) is 2. The molecule has 1 aromatic heterocycles. The molecule has 1 saturated carbocycles. The van der Waals surface area contributed by atoms with Crippen LogP contribution in [-0.4, -0.2) is 30.0 Å². The fourth-order valence-corrected chi connectivity index (χ4v) is 2.84. The summed E-state index contributed by atoms with van der Waals surface area (Å²) in [6.45, 7) is 1.14. The van der Waals surface area contributed by atoms with Gasteiger partial charge in [0.1, 0.15) is 5.69 Å². The van der Waals surface area contributed by atoms with E-state index in [-0.39, 0.29) is 18.2 Å². The predicted molar refractivity (Wildman–Crippen MR) is 72.9 cm³/mol. The lowest BCUT2D eigenvalue weighted by atomic mass is 9.95. The van der Waals surface area contributed by atoms with Gasteiger partial charge in [0.15, 0.2) is 0 Å². The average Bonchev–Trinajstić information content (AvgIpc) is 2.88. The number of hydrogen-bond donors (Lipinski definition) is 1. The maximum Gasteiger partial charge on any atom is 0.433 e. The first kappa shape index (κ1) is 16.3. The molecule has 2 rings (SSSR count). The quantitative estimate of drug-likeness (QED) is 0.821. The van der Waals surface area contributed by atoms with Gasteiger partial charge in [-0.05, 0) is 12.8 Å². The molecule has 7 heteroatoms. The molecule has 1 heterocycles. The van der Waals surface area contributed by atoms with Crippen LogP contribution in [0.2, 0.25) is 0 Å². The SMILES string of the molecule is COCCNCc1cnn(C2CCCCC2)c1C(F)(F)F. The molecule has 0 aliphatic heterocycles. The summed E-state index contributed by atoms with van der Waals surface area (Å²) in [6, 6.07) is -0.122. The van der Waals surface area contributed by atoms with E-state index in [0.717, 1.165) is 32.1 Å². The van der Waals surface area contributed by atoms with Crippen molar-refractivity contribution >= 4 is 0 Å². The number of hydrogen-bond acceptors (Lipinski definition) is 3. The summed E-state index contributed by atoms with van der Waals surface area (Å²) in [6.07, 6.45) is 1.59. The Morgan fingerprint density at radius 3 is 2.67 bits per heavy atom. The van der Waals surface area contributed by atoms with Gasteiger partial charge in [0.05, 0.1) is 18.8 Å². The molecule has 0 saturated heterocycles. The van der Waals surface area contributed by atoms with Crippen LogP contribution in [0, 0.1) is 0 Å². The van der Waals surface area contributed by atoms with Gasteiger partial charge in [-0.3, -0.25) is 4.68 Å². The Morgan fingerprint density at radius 2 is 2.05 bits per heavy atom. The van der Waals surface area contributed by atoms with Gasteiger partial charge in [-0.1, -0.05) is 19.3 Å². The van der Waals surface area contributed by atoms with Crippen LogP contribution in [0.3, 0.4) is 0 Å². The molecule has 0 atom stereocenters. The van der Waals surface area contributed by atoms with Gasteiger partial charge < -0.3 is 10.1 Å². The minimum Gasteiger partial charge on any atom is -0.383 e. The van der Waals surface area contributed by atoms with Crippen molar-refractivity contribution in [1.29, 1.82) is 0 Å². The highest BCUT2D eigenvalue weighted by molar-refractivity contribution is 5.21. The van der Waals surface area contributed by atoms with Gasteiger partial charge in [-0.25, -0.2) is 0 Å². The van der Waals surface area contributed by atoms with E-state index in [0.29, 0.717) is 13.2 Å². The van der Waals surface area contributed by atoms with Gasteiger partial charge in [0.2, 0.25) is 0 Å². The number of methoxy groups -OCH3 is 1. The van der Waals surface area contributed by atoms with E-state index in [9.17, 15) is 13.2 Å². The molecule has 0 spiro atoms. The summed E-state index contributed by atoms with van der Waals surface area (Å²) in [4.78, 5) is 0. The fraction of sp³-hybridized carbons (Fsp3) is 0.786. The van der Waals surface area contributed by atoms with Crippen molar-refractivity contribution in [3.8, 4) is 0 Å². The highest BCUT2D eigenvalue weighted by Gasteiger charge is 2.39. The molecular formula is C14H22F3N3O. The molecule has 1 N–H and O–H groups in total. The van der Waals surface area contributed by atoms with Gasteiger partial charge in [-0.2, -0.15) is 18.3 Å². The Balaban J connectivity index is 2.15. The number of alkyl halides is 3. The van der Waals surface area contributed by atoms with Gasteiger partial charge in [0.25, 0.3) is 0 Å². The molecular weight excluding hydrogens is 283 g/mol. The van der Waals surface area contributed by atoms with Crippen LogP contribution >= 0.6 is 0 Å². The van der Waals surface area contributed by atoms with Gasteiger partial charge in [0, 0.05) is 25.8 Å². The van der Waals surface area contributed by atoms with Crippen LogP contribution < -0.4 is 5.32 Å². The summed E-state index contributed by atoms with van der Waals surface area (Å²) < 4.78 is 46.2. The van der Waals surface area contributed by atoms with E-state index in [1.165, 1.54) is 10.9 Å². The normalized spacial score (nSPS) is 17.3. The molecule has 0 bridgehead atoms. The van der Waals surface area contributed by atoms with Crippen molar-refractivity contribution in [2.45, 2.75) is 50.9 Å². The first-order valence-corrected chi connectivity index (χ1v) is 7.37. The van der Waals surface area contributed by atoms with Crippen molar-refractivity contribution in [2.75, 3.05) is 20.3 Å². The highest BCUT2D eigenvalue weighted by atomic mass is 19.4. The first-order chi connectivity index (χ1) is 10.0. The molecule has 1 aliphatic carbocycles. The Hall–Kier alpha value is -1.08. The third-order valence-electron chi connectivity index (χ3n) is 3.86. The van der Waals surface area contributed by atoms with Crippen LogP contribution in [0.5, 0.6) is 0 Å². The molecule has 1 aliphatic rings. The van der Waals surface area contributed by atoms with Crippen molar-refractivity contribution in [2.24, 2.45) is 0 Å². The third-order valence-corrected chi connectivity index (χ3v) is 3.86. The van der Waals surface area contributed by atoms with Crippen LogP contribution in [-0.2, 0) is 17.5 Å². The Morgan fingerprint density at radius 1 is 1.33 bits per heavy atom.